The van der Waals surface area contributed by atoms with E-state index in [2.05, 4.69) is 24.2 Å². The molecule has 0 spiro atoms. The fourth-order valence-corrected chi connectivity index (χ4v) is 3.04. The van der Waals surface area contributed by atoms with Crippen LogP contribution >= 0.6 is 0 Å². The number of piperidine rings is 1. The molecule has 0 amide bonds. The van der Waals surface area contributed by atoms with Crippen molar-refractivity contribution in [1.82, 2.24) is 10.2 Å². The van der Waals surface area contributed by atoms with E-state index in [-0.39, 0.29) is 0 Å². The second-order valence-electron chi connectivity index (χ2n) is 5.61. The first kappa shape index (κ1) is 11.4. The van der Waals surface area contributed by atoms with Gasteiger partial charge in [-0.1, -0.05) is 19.8 Å². The number of nitrogens with zero attached hydrogens (tertiary/aromatic N) is 1. The van der Waals surface area contributed by atoms with Gasteiger partial charge in [-0.25, -0.2) is 0 Å². The SMILES string of the molecule is C[C@H]1CCCC[C@@H]1NC1CCN(C)CC1. The van der Waals surface area contributed by atoms with Gasteiger partial charge in [0.15, 0.2) is 0 Å². The molecule has 0 bridgehead atoms. The summed E-state index contributed by atoms with van der Waals surface area (Å²) in [6, 6.07) is 1.61. The Morgan fingerprint density at radius 3 is 2.33 bits per heavy atom. The van der Waals surface area contributed by atoms with Crippen molar-refractivity contribution < 1.29 is 0 Å². The van der Waals surface area contributed by atoms with Gasteiger partial charge in [-0.15, -0.1) is 0 Å². The molecule has 2 nitrogen and oxygen atoms in total. The zero-order valence-corrected chi connectivity index (χ0v) is 10.3. The topological polar surface area (TPSA) is 15.3 Å². The van der Waals surface area contributed by atoms with Crippen LogP contribution in [-0.2, 0) is 0 Å². The Morgan fingerprint density at radius 2 is 1.67 bits per heavy atom. The molecule has 1 N–H and O–H groups in total. The number of hydrogen-bond donors (Lipinski definition) is 1. The molecule has 0 aromatic rings. The molecule has 2 fully saturated rings. The third kappa shape index (κ3) is 3.18. The zero-order valence-electron chi connectivity index (χ0n) is 10.3. The van der Waals surface area contributed by atoms with Crippen LogP contribution in [0.15, 0.2) is 0 Å². The summed E-state index contributed by atoms with van der Waals surface area (Å²) in [5.74, 6) is 0.901. The molecule has 1 saturated heterocycles. The highest BCUT2D eigenvalue weighted by atomic mass is 15.1. The van der Waals surface area contributed by atoms with Crippen molar-refractivity contribution in [2.24, 2.45) is 5.92 Å². The average molecular weight is 210 g/mol. The normalized spacial score (nSPS) is 35.6. The lowest BCUT2D eigenvalue weighted by atomic mass is 9.85. The third-order valence-corrected chi connectivity index (χ3v) is 4.28. The van der Waals surface area contributed by atoms with Gasteiger partial charge in [0.25, 0.3) is 0 Å². The molecule has 15 heavy (non-hydrogen) atoms. The maximum Gasteiger partial charge on any atom is 0.00953 e. The first-order valence-corrected chi connectivity index (χ1v) is 6.70. The van der Waals surface area contributed by atoms with E-state index in [0.717, 1.165) is 18.0 Å². The fraction of sp³-hybridized carbons (Fsp3) is 1.00. The van der Waals surface area contributed by atoms with Crippen LogP contribution in [-0.4, -0.2) is 37.1 Å². The predicted molar refractivity (Wildman–Crippen MR) is 65.1 cm³/mol. The summed E-state index contributed by atoms with van der Waals surface area (Å²) >= 11 is 0. The summed E-state index contributed by atoms with van der Waals surface area (Å²) in [5, 5.41) is 3.90. The standard InChI is InChI=1S/C13H26N2/c1-11-5-3-4-6-13(11)14-12-7-9-15(2)10-8-12/h11-14H,3-10H2,1-2H3/t11-,13-/m0/s1. The Morgan fingerprint density at radius 1 is 1.00 bits per heavy atom. The van der Waals surface area contributed by atoms with Crippen molar-refractivity contribution >= 4 is 0 Å². The van der Waals surface area contributed by atoms with E-state index in [4.69, 9.17) is 0 Å². The molecule has 1 heterocycles. The molecule has 0 unspecified atom stereocenters. The molecule has 1 aliphatic heterocycles. The summed E-state index contributed by atoms with van der Waals surface area (Å²) < 4.78 is 0. The minimum absolute atomic E-state index is 0.798. The van der Waals surface area contributed by atoms with Crippen LogP contribution < -0.4 is 5.32 Å². The van der Waals surface area contributed by atoms with Gasteiger partial charge in [0.1, 0.15) is 0 Å². The first-order chi connectivity index (χ1) is 7.25. The summed E-state index contributed by atoms with van der Waals surface area (Å²) in [4.78, 5) is 2.45. The van der Waals surface area contributed by atoms with Crippen LogP contribution in [0.4, 0.5) is 0 Å². The number of nitrogens with one attached hydrogen (secondary N) is 1. The van der Waals surface area contributed by atoms with Crippen molar-refractivity contribution in [3.05, 3.63) is 0 Å². The van der Waals surface area contributed by atoms with Gasteiger partial charge in [0.2, 0.25) is 0 Å². The van der Waals surface area contributed by atoms with Crippen LogP contribution in [0.3, 0.4) is 0 Å². The molecular formula is C13H26N2. The molecule has 2 heteroatoms. The number of rotatable bonds is 2. The van der Waals surface area contributed by atoms with Crippen molar-refractivity contribution in [3.63, 3.8) is 0 Å². The summed E-state index contributed by atoms with van der Waals surface area (Å²) in [5.41, 5.74) is 0. The monoisotopic (exact) mass is 210 g/mol. The van der Waals surface area contributed by atoms with Crippen LogP contribution in [0, 0.1) is 5.92 Å². The van der Waals surface area contributed by atoms with E-state index in [1.165, 1.54) is 51.6 Å². The van der Waals surface area contributed by atoms with Crippen molar-refractivity contribution in [2.45, 2.75) is 57.5 Å². The molecule has 0 aromatic heterocycles. The van der Waals surface area contributed by atoms with E-state index in [1.807, 2.05) is 0 Å². The van der Waals surface area contributed by atoms with Crippen LogP contribution in [0.2, 0.25) is 0 Å². The van der Waals surface area contributed by atoms with Gasteiger partial charge in [-0.3, -0.25) is 0 Å². The molecule has 1 saturated carbocycles. The molecule has 2 aliphatic rings. The fourth-order valence-electron chi connectivity index (χ4n) is 3.04. The molecule has 0 radical (unpaired) electrons. The second kappa shape index (κ2) is 5.31. The highest BCUT2D eigenvalue weighted by molar-refractivity contribution is 4.84. The summed E-state index contributed by atoms with van der Waals surface area (Å²) in [7, 11) is 2.24. The molecule has 2 atom stereocenters. The number of hydrogen-bond acceptors (Lipinski definition) is 2. The lowest BCUT2D eigenvalue weighted by Crippen LogP contribution is -2.48. The minimum atomic E-state index is 0.798. The van der Waals surface area contributed by atoms with Gasteiger partial charge < -0.3 is 10.2 Å². The molecular weight excluding hydrogens is 184 g/mol. The van der Waals surface area contributed by atoms with E-state index >= 15 is 0 Å². The van der Waals surface area contributed by atoms with Gasteiger partial charge >= 0.3 is 0 Å². The van der Waals surface area contributed by atoms with Crippen molar-refractivity contribution in [3.8, 4) is 0 Å². The van der Waals surface area contributed by atoms with E-state index < -0.39 is 0 Å². The van der Waals surface area contributed by atoms with Crippen LogP contribution in [0.1, 0.15) is 45.4 Å². The number of likely N-dealkylation sites (tertiary alicyclic amines) is 1. The third-order valence-electron chi connectivity index (χ3n) is 4.28. The van der Waals surface area contributed by atoms with Crippen LogP contribution in [0.5, 0.6) is 0 Å². The lowest BCUT2D eigenvalue weighted by Gasteiger charge is -2.36. The predicted octanol–water partition coefficient (Wildman–Crippen LogP) is 2.25. The van der Waals surface area contributed by atoms with Crippen molar-refractivity contribution in [1.29, 1.82) is 0 Å². The van der Waals surface area contributed by atoms with E-state index in [9.17, 15) is 0 Å². The zero-order chi connectivity index (χ0) is 10.7. The van der Waals surface area contributed by atoms with Gasteiger partial charge in [0, 0.05) is 12.1 Å². The molecule has 0 aromatic carbocycles. The highest BCUT2D eigenvalue weighted by Gasteiger charge is 2.25. The smallest absolute Gasteiger partial charge is 0.00953 e. The Labute approximate surface area is 94.4 Å². The Bertz CT molecular complexity index is 185. The van der Waals surface area contributed by atoms with E-state index in [1.54, 1.807) is 0 Å². The quantitative estimate of drug-likeness (QED) is 0.752. The van der Waals surface area contributed by atoms with Gasteiger partial charge in [-0.05, 0) is 51.7 Å². The first-order valence-electron chi connectivity index (χ1n) is 6.70. The summed E-state index contributed by atoms with van der Waals surface area (Å²) in [6.07, 6.45) is 8.43. The molecule has 2 rings (SSSR count). The van der Waals surface area contributed by atoms with Gasteiger partial charge in [0.05, 0.1) is 0 Å². The Hall–Kier alpha value is -0.0800. The Balaban J connectivity index is 1.75. The maximum absolute atomic E-state index is 3.90. The summed E-state index contributed by atoms with van der Waals surface area (Å²) in [6.45, 7) is 4.98. The van der Waals surface area contributed by atoms with Crippen LogP contribution in [0.25, 0.3) is 0 Å². The lowest BCUT2D eigenvalue weighted by molar-refractivity contribution is 0.192. The average Bonchev–Trinajstić information content (AvgIpc) is 2.25. The Kier molecular flexibility index (Phi) is 4.04. The van der Waals surface area contributed by atoms with Gasteiger partial charge in [-0.2, -0.15) is 0 Å². The van der Waals surface area contributed by atoms with E-state index in [0.29, 0.717) is 0 Å². The highest BCUT2D eigenvalue weighted by Crippen LogP contribution is 2.25. The molecule has 88 valence electrons. The minimum Gasteiger partial charge on any atom is -0.311 e. The molecule has 1 aliphatic carbocycles. The second-order valence-corrected chi connectivity index (χ2v) is 5.61. The maximum atomic E-state index is 3.90. The van der Waals surface area contributed by atoms with Crippen molar-refractivity contribution in [2.75, 3.05) is 20.1 Å². The largest absolute Gasteiger partial charge is 0.311 e.